The molecule has 1 amide bonds. The standard InChI is InChI=1S/C15H12Cl2N2O3/c16-12-6-5-11(7-13(12)17)19-14(20)8-22-15(21)9-1-3-10(18)4-2-9/h1-7H,8,18H2,(H,19,20). The van der Waals surface area contributed by atoms with E-state index in [9.17, 15) is 9.59 Å². The fourth-order valence-electron chi connectivity index (χ4n) is 1.60. The van der Waals surface area contributed by atoms with Gasteiger partial charge in [-0.15, -0.1) is 0 Å². The summed E-state index contributed by atoms with van der Waals surface area (Å²) >= 11 is 11.6. The van der Waals surface area contributed by atoms with Gasteiger partial charge in [0.05, 0.1) is 15.6 Å². The molecule has 0 saturated heterocycles. The highest BCUT2D eigenvalue weighted by atomic mass is 35.5. The smallest absolute Gasteiger partial charge is 0.338 e. The van der Waals surface area contributed by atoms with Crippen molar-refractivity contribution in [1.29, 1.82) is 0 Å². The topological polar surface area (TPSA) is 81.4 Å². The van der Waals surface area contributed by atoms with Crippen molar-refractivity contribution in [1.82, 2.24) is 0 Å². The molecule has 0 aliphatic carbocycles. The third kappa shape index (κ3) is 4.38. The monoisotopic (exact) mass is 338 g/mol. The molecule has 2 aromatic carbocycles. The molecular formula is C15H12Cl2N2O3. The third-order valence-electron chi connectivity index (χ3n) is 2.68. The molecule has 3 N–H and O–H groups in total. The lowest BCUT2D eigenvalue weighted by molar-refractivity contribution is -0.119. The quantitative estimate of drug-likeness (QED) is 0.661. The van der Waals surface area contributed by atoms with Gasteiger partial charge in [-0.05, 0) is 42.5 Å². The minimum atomic E-state index is -0.607. The largest absolute Gasteiger partial charge is 0.452 e. The van der Waals surface area contributed by atoms with Crippen molar-refractivity contribution >= 4 is 46.5 Å². The molecule has 7 heteroatoms. The van der Waals surface area contributed by atoms with Crippen LogP contribution in [0.25, 0.3) is 0 Å². The number of nitrogens with one attached hydrogen (secondary N) is 1. The van der Waals surface area contributed by atoms with Gasteiger partial charge in [-0.25, -0.2) is 4.79 Å². The van der Waals surface area contributed by atoms with Crippen LogP contribution in [0.2, 0.25) is 10.0 Å². The lowest BCUT2D eigenvalue weighted by Crippen LogP contribution is -2.20. The van der Waals surface area contributed by atoms with E-state index in [4.69, 9.17) is 33.7 Å². The van der Waals surface area contributed by atoms with Crippen molar-refractivity contribution in [2.45, 2.75) is 0 Å². The number of ether oxygens (including phenoxy) is 1. The molecule has 0 unspecified atom stereocenters. The number of carbonyl (C=O) groups excluding carboxylic acids is 2. The summed E-state index contributed by atoms with van der Waals surface area (Å²) in [7, 11) is 0. The van der Waals surface area contributed by atoms with Crippen LogP contribution in [0.5, 0.6) is 0 Å². The predicted octanol–water partition coefficient (Wildman–Crippen LogP) is 3.37. The molecule has 0 radical (unpaired) electrons. The fraction of sp³-hybridized carbons (Fsp3) is 0.0667. The molecule has 0 heterocycles. The average molecular weight is 339 g/mol. The van der Waals surface area contributed by atoms with Gasteiger partial charge in [0.25, 0.3) is 5.91 Å². The Balaban J connectivity index is 1.88. The van der Waals surface area contributed by atoms with Gasteiger partial charge in [0.1, 0.15) is 0 Å². The summed E-state index contributed by atoms with van der Waals surface area (Å²) in [5.41, 5.74) is 6.83. The number of amides is 1. The Morgan fingerprint density at radius 3 is 2.36 bits per heavy atom. The SMILES string of the molecule is Nc1ccc(C(=O)OCC(=O)Nc2ccc(Cl)c(Cl)c2)cc1. The van der Waals surface area contributed by atoms with Gasteiger partial charge in [0.15, 0.2) is 6.61 Å². The van der Waals surface area contributed by atoms with Crippen LogP contribution >= 0.6 is 23.2 Å². The first kappa shape index (κ1) is 16.1. The molecular weight excluding hydrogens is 327 g/mol. The van der Waals surface area contributed by atoms with E-state index in [-0.39, 0.29) is 0 Å². The van der Waals surface area contributed by atoms with Crippen molar-refractivity contribution in [3.63, 3.8) is 0 Å². The van der Waals surface area contributed by atoms with Crippen molar-refractivity contribution in [2.24, 2.45) is 0 Å². The van der Waals surface area contributed by atoms with Gasteiger partial charge in [0.2, 0.25) is 0 Å². The normalized spacial score (nSPS) is 10.1. The Labute approximate surface area is 137 Å². The number of carbonyl (C=O) groups is 2. The molecule has 0 aliphatic heterocycles. The molecule has 2 aromatic rings. The molecule has 0 saturated carbocycles. The second-order valence-corrected chi connectivity index (χ2v) is 5.19. The maximum atomic E-state index is 11.7. The van der Waals surface area contributed by atoms with Gasteiger partial charge in [0, 0.05) is 11.4 Å². The van der Waals surface area contributed by atoms with Crippen LogP contribution in [0.3, 0.4) is 0 Å². The summed E-state index contributed by atoms with van der Waals surface area (Å²) in [4.78, 5) is 23.4. The van der Waals surface area contributed by atoms with Crippen LogP contribution in [0.4, 0.5) is 11.4 Å². The zero-order valence-electron chi connectivity index (χ0n) is 11.3. The Hall–Kier alpha value is -2.24. The number of benzene rings is 2. The number of halogens is 2. The van der Waals surface area contributed by atoms with E-state index in [2.05, 4.69) is 5.32 Å². The number of nitrogen functional groups attached to an aromatic ring is 1. The van der Waals surface area contributed by atoms with Crippen LogP contribution in [0.15, 0.2) is 42.5 Å². The minimum Gasteiger partial charge on any atom is -0.452 e. The number of rotatable bonds is 4. The highest BCUT2D eigenvalue weighted by Crippen LogP contribution is 2.24. The van der Waals surface area contributed by atoms with Gasteiger partial charge >= 0.3 is 5.97 Å². The number of hydrogen-bond acceptors (Lipinski definition) is 4. The maximum absolute atomic E-state index is 11.7. The Bertz CT molecular complexity index is 702. The predicted molar refractivity (Wildman–Crippen MR) is 86.2 cm³/mol. The molecule has 0 spiro atoms. The van der Waals surface area contributed by atoms with Crippen molar-refractivity contribution < 1.29 is 14.3 Å². The first-order chi connectivity index (χ1) is 10.5. The summed E-state index contributed by atoms with van der Waals surface area (Å²) in [5.74, 6) is -1.09. The van der Waals surface area contributed by atoms with E-state index in [1.807, 2.05) is 0 Å². The van der Waals surface area contributed by atoms with E-state index < -0.39 is 18.5 Å². The molecule has 0 aliphatic rings. The third-order valence-corrected chi connectivity index (χ3v) is 3.42. The summed E-state index contributed by atoms with van der Waals surface area (Å²) in [6.45, 7) is -0.413. The van der Waals surface area contributed by atoms with Crippen LogP contribution < -0.4 is 11.1 Å². The van der Waals surface area contributed by atoms with E-state index in [1.54, 1.807) is 24.3 Å². The highest BCUT2D eigenvalue weighted by Gasteiger charge is 2.10. The van der Waals surface area contributed by atoms with Crippen molar-refractivity contribution in [3.05, 3.63) is 58.1 Å². The molecule has 5 nitrogen and oxygen atoms in total. The van der Waals surface area contributed by atoms with E-state index in [0.717, 1.165) is 0 Å². The summed E-state index contributed by atoms with van der Waals surface area (Å²) in [5, 5.41) is 3.25. The van der Waals surface area contributed by atoms with Gasteiger partial charge in [-0.2, -0.15) is 0 Å². The Morgan fingerprint density at radius 1 is 1.05 bits per heavy atom. The lowest BCUT2D eigenvalue weighted by atomic mass is 10.2. The summed E-state index contributed by atoms with van der Waals surface area (Å²) in [6, 6.07) is 10.8. The maximum Gasteiger partial charge on any atom is 0.338 e. The zero-order chi connectivity index (χ0) is 16.1. The van der Waals surface area contributed by atoms with E-state index in [1.165, 1.54) is 18.2 Å². The van der Waals surface area contributed by atoms with Crippen LogP contribution in [-0.2, 0) is 9.53 Å². The average Bonchev–Trinajstić information content (AvgIpc) is 2.49. The van der Waals surface area contributed by atoms with Crippen LogP contribution in [0, 0.1) is 0 Å². The highest BCUT2D eigenvalue weighted by molar-refractivity contribution is 6.42. The van der Waals surface area contributed by atoms with Crippen molar-refractivity contribution in [3.8, 4) is 0 Å². The van der Waals surface area contributed by atoms with Gasteiger partial charge < -0.3 is 15.8 Å². The second kappa shape index (κ2) is 7.15. The molecule has 0 atom stereocenters. The number of anilines is 2. The summed E-state index contributed by atoms with van der Waals surface area (Å²) in [6.07, 6.45) is 0. The molecule has 2 rings (SSSR count). The molecule has 0 aromatic heterocycles. The molecule has 114 valence electrons. The minimum absolute atomic E-state index is 0.316. The van der Waals surface area contributed by atoms with Crippen LogP contribution in [-0.4, -0.2) is 18.5 Å². The Kier molecular flexibility index (Phi) is 5.25. The second-order valence-electron chi connectivity index (χ2n) is 4.38. The van der Waals surface area contributed by atoms with E-state index >= 15 is 0 Å². The molecule has 0 fully saturated rings. The molecule has 0 bridgehead atoms. The van der Waals surface area contributed by atoms with Gasteiger partial charge in [-0.1, -0.05) is 23.2 Å². The first-order valence-corrected chi connectivity index (χ1v) is 6.99. The Morgan fingerprint density at radius 2 is 1.73 bits per heavy atom. The van der Waals surface area contributed by atoms with Gasteiger partial charge in [-0.3, -0.25) is 4.79 Å². The number of hydrogen-bond donors (Lipinski definition) is 2. The number of esters is 1. The van der Waals surface area contributed by atoms with Crippen molar-refractivity contribution in [2.75, 3.05) is 17.7 Å². The fourth-order valence-corrected chi connectivity index (χ4v) is 1.90. The zero-order valence-corrected chi connectivity index (χ0v) is 12.8. The number of nitrogens with two attached hydrogens (primary N) is 1. The van der Waals surface area contributed by atoms with E-state index in [0.29, 0.717) is 27.0 Å². The summed E-state index contributed by atoms with van der Waals surface area (Å²) < 4.78 is 4.91. The first-order valence-electron chi connectivity index (χ1n) is 6.23. The van der Waals surface area contributed by atoms with Crippen LogP contribution in [0.1, 0.15) is 10.4 Å². The molecule has 22 heavy (non-hydrogen) atoms. The lowest BCUT2D eigenvalue weighted by Gasteiger charge is -2.07.